The molecule has 0 N–H and O–H groups in total. The minimum absolute atomic E-state index is 0.277. The second-order valence-electron chi connectivity index (χ2n) is 6.28. The summed E-state index contributed by atoms with van der Waals surface area (Å²) in [4.78, 5) is 24.8. The van der Waals surface area contributed by atoms with Crippen molar-refractivity contribution in [3.8, 4) is 0 Å². The number of carbonyl (C=O) groups is 2. The van der Waals surface area contributed by atoms with E-state index in [-0.39, 0.29) is 17.9 Å². The first kappa shape index (κ1) is 21.7. The molecule has 0 spiro atoms. The summed E-state index contributed by atoms with van der Waals surface area (Å²) in [6, 6.07) is 0. The van der Waals surface area contributed by atoms with Crippen LogP contribution in [0.5, 0.6) is 0 Å². The second-order valence-corrected chi connectivity index (χ2v) is 6.28. The average molecular weight is 326 g/mol. The normalized spacial score (nSPS) is 12.1. The lowest BCUT2D eigenvalue weighted by molar-refractivity contribution is -0.142. The van der Waals surface area contributed by atoms with Crippen LogP contribution < -0.4 is 0 Å². The van der Waals surface area contributed by atoms with Crippen molar-refractivity contribution in [1.82, 2.24) is 0 Å². The van der Waals surface area contributed by atoms with Crippen LogP contribution in [0.2, 0.25) is 0 Å². The highest BCUT2D eigenvalue weighted by molar-refractivity contribution is 6.00. The van der Waals surface area contributed by atoms with Crippen molar-refractivity contribution < 1.29 is 19.1 Å². The van der Waals surface area contributed by atoms with Crippen LogP contribution in [-0.2, 0) is 19.1 Å². The Morgan fingerprint density at radius 1 is 0.783 bits per heavy atom. The van der Waals surface area contributed by atoms with Gasteiger partial charge >= 0.3 is 11.9 Å². The molecule has 0 amide bonds. The van der Waals surface area contributed by atoms with Gasteiger partial charge in [-0.25, -0.2) is 9.59 Å². The summed E-state index contributed by atoms with van der Waals surface area (Å²) in [5.74, 6) is -0.438. The molecule has 0 aliphatic carbocycles. The zero-order valence-corrected chi connectivity index (χ0v) is 15.6. The van der Waals surface area contributed by atoms with Gasteiger partial charge in [0.1, 0.15) is 0 Å². The summed E-state index contributed by atoms with van der Waals surface area (Å²) >= 11 is 0. The lowest BCUT2D eigenvalue weighted by Gasteiger charge is -2.16. The molecule has 4 heteroatoms. The molecule has 0 aromatic rings. The van der Waals surface area contributed by atoms with Gasteiger partial charge < -0.3 is 9.47 Å². The van der Waals surface area contributed by atoms with Gasteiger partial charge in [-0.2, -0.15) is 0 Å². The van der Waals surface area contributed by atoms with E-state index in [1.165, 1.54) is 0 Å². The Balaban J connectivity index is 5.41. The predicted molar refractivity (Wildman–Crippen MR) is 93.1 cm³/mol. The lowest BCUT2D eigenvalue weighted by atomic mass is 9.94. The van der Waals surface area contributed by atoms with E-state index in [2.05, 4.69) is 6.92 Å². The summed E-state index contributed by atoms with van der Waals surface area (Å²) in [6.07, 6.45) is 5.65. The van der Waals surface area contributed by atoms with Gasteiger partial charge in [-0.3, -0.25) is 0 Å². The molecule has 0 aliphatic rings. The zero-order chi connectivity index (χ0) is 17.7. The predicted octanol–water partition coefficient (Wildman–Crippen LogP) is 4.82. The van der Waals surface area contributed by atoms with Crippen molar-refractivity contribution in [2.75, 3.05) is 13.2 Å². The van der Waals surface area contributed by atoms with Gasteiger partial charge in [-0.15, -0.1) is 0 Å². The third-order valence-electron chi connectivity index (χ3n) is 3.37. The van der Waals surface area contributed by atoms with E-state index >= 15 is 0 Å². The van der Waals surface area contributed by atoms with Gasteiger partial charge in [-0.05, 0) is 38.0 Å². The van der Waals surface area contributed by atoms with Crippen LogP contribution in [0.4, 0.5) is 0 Å². The number of rotatable bonds is 12. The SMILES string of the molecule is CCCCCC(C(=O)OCCC)=C(CC(C)C)C(=O)OCCC. The first-order valence-electron chi connectivity index (χ1n) is 9.04. The fourth-order valence-electron chi connectivity index (χ4n) is 2.23. The van der Waals surface area contributed by atoms with Crippen molar-refractivity contribution in [2.45, 2.75) is 79.6 Å². The van der Waals surface area contributed by atoms with Crippen LogP contribution >= 0.6 is 0 Å². The van der Waals surface area contributed by atoms with E-state index in [0.29, 0.717) is 37.2 Å². The van der Waals surface area contributed by atoms with Crippen LogP contribution in [0, 0.1) is 5.92 Å². The highest BCUT2D eigenvalue weighted by Gasteiger charge is 2.23. The molecule has 4 nitrogen and oxygen atoms in total. The molecular formula is C19H34O4. The van der Waals surface area contributed by atoms with Crippen molar-refractivity contribution >= 4 is 11.9 Å². The lowest BCUT2D eigenvalue weighted by Crippen LogP contribution is -2.19. The van der Waals surface area contributed by atoms with E-state index in [1.54, 1.807) is 0 Å². The molecule has 23 heavy (non-hydrogen) atoms. The maximum atomic E-state index is 12.4. The van der Waals surface area contributed by atoms with E-state index in [4.69, 9.17) is 9.47 Å². The summed E-state index contributed by atoms with van der Waals surface area (Å²) in [5.41, 5.74) is 1.02. The summed E-state index contributed by atoms with van der Waals surface area (Å²) in [6.45, 7) is 10.9. The van der Waals surface area contributed by atoms with E-state index in [9.17, 15) is 9.59 Å². The summed E-state index contributed by atoms with van der Waals surface area (Å²) in [5, 5.41) is 0. The van der Waals surface area contributed by atoms with Crippen molar-refractivity contribution in [3.05, 3.63) is 11.1 Å². The van der Waals surface area contributed by atoms with Gasteiger partial charge in [0.25, 0.3) is 0 Å². The number of carbonyl (C=O) groups excluding carboxylic acids is 2. The first-order valence-corrected chi connectivity index (χ1v) is 9.04. The number of ether oxygens (including phenoxy) is 2. The molecule has 0 saturated heterocycles. The molecule has 0 aromatic carbocycles. The molecule has 0 radical (unpaired) electrons. The molecule has 0 heterocycles. The van der Waals surface area contributed by atoms with E-state index < -0.39 is 0 Å². The van der Waals surface area contributed by atoms with Gasteiger partial charge in [0.2, 0.25) is 0 Å². The standard InChI is InChI=1S/C19H34O4/c1-6-9-10-11-16(18(20)22-12-7-2)17(14-15(4)5)19(21)23-13-8-3/h15H,6-14H2,1-5H3. The quantitative estimate of drug-likeness (QED) is 0.293. The Morgan fingerprint density at radius 3 is 1.74 bits per heavy atom. The third-order valence-corrected chi connectivity index (χ3v) is 3.37. The highest BCUT2D eigenvalue weighted by atomic mass is 16.5. The van der Waals surface area contributed by atoms with E-state index in [1.807, 2.05) is 27.7 Å². The topological polar surface area (TPSA) is 52.6 Å². The van der Waals surface area contributed by atoms with Crippen molar-refractivity contribution in [1.29, 1.82) is 0 Å². The monoisotopic (exact) mass is 326 g/mol. The fraction of sp³-hybridized carbons (Fsp3) is 0.789. The highest BCUT2D eigenvalue weighted by Crippen LogP contribution is 2.23. The number of hydrogen-bond acceptors (Lipinski definition) is 4. The summed E-state index contributed by atoms with van der Waals surface area (Å²) in [7, 11) is 0. The smallest absolute Gasteiger partial charge is 0.334 e. The number of unbranched alkanes of at least 4 members (excludes halogenated alkanes) is 2. The molecular weight excluding hydrogens is 292 g/mol. The van der Waals surface area contributed by atoms with Crippen LogP contribution in [0.1, 0.15) is 79.6 Å². The van der Waals surface area contributed by atoms with Crippen LogP contribution in [0.25, 0.3) is 0 Å². The van der Waals surface area contributed by atoms with Crippen LogP contribution in [0.3, 0.4) is 0 Å². The van der Waals surface area contributed by atoms with Gasteiger partial charge in [0.15, 0.2) is 0 Å². The minimum atomic E-state index is -0.361. The average Bonchev–Trinajstić information content (AvgIpc) is 2.52. The van der Waals surface area contributed by atoms with E-state index in [0.717, 1.165) is 32.1 Å². The third kappa shape index (κ3) is 9.42. The molecule has 0 atom stereocenters. The summed E-state index contributed by atoms with van der Waals surface area (Å²) < 4.78 is 10.6. The minimum Gasteiger partial charge on any atom is -0.462 e. The van der Waals surface area contributed by atoms with Crippen molar-refractivity contribution in [2.24, 2.45) is 5.92 Å². The maximum absolute atomic E-state index is 12.4. The Bertz CT molecular complexity index is 383. The molecule has 0 saturated carbocycles. The molecule has 134 valence electrons. The molecule has 0 bridgehead atoms. The first-order chi connectivity index (χ1) is 11.0. The zero-order valence-electron chi connectivity index (χ0n) is 15.6. The van der Waals surface area contributed by atoms with Crippen molar-refractivity contribution in [3.63, 3.8) is 0 Å². The van der Waals surface area contributed by atoms with Gasteiger partial charge in [0.05, 0.1) is 13.2 Å². The second kappa shape index (κ2) is 13.1. The largest absolute Gasteiger partial charge is 0.462 e. The molecule has 0 unspecified atom stereocenters. The van der Waals surface area contributed by atoms with Gasteiger partial charge in [0, 0.05) is 11.1 Å². The Morgan fingerprint density at radius 2 is 1.30 bits per heavy atom. The van der Waals surface area contributed by atoms with Crippen LogP contribution in [-0.4, -0.2) is 25.2 Å². The fourth-order valence-corrected chi connectivity index (χ4v) is 2.23. The Hall–Kier alpha value is -1.32. The Labute approximate surface area is 141 Å². The van der Waals surface area contributed by atoms with Crippen LogP contribution in [0.15, 0.2) is 11.1 Å². The molecule has 0 rings (SSSR count). The molecule has 0 aromatic heterocycles. The molecule has 0 aliphatic heterocycles. The maximum Gasteiger partial charge on any atom is 0.334 e. The molecule has 0 fully saturated rings. The van der Waals surface area contributed by atoms with Gasteiger partial charge in [-0.1, -0.05) is 47.5 Å². The Kier molecular flexibility index (Phi) is 12.4. The number of hydrogen-bond donors (Lipinski definition) is 0. The number of esters is 2.